The highest BCUT2D eigenvalue weighted by Gasteiger charge is 2.29. The first kappa shape index (κ1) is 15.3. The predicted octanol–water partition coefficient (Wildman–Crippen LogP) is 3.08. The fourth-order valence-electron chi connectivity index (χ4n) is 1.64. The number of amides is 1. The molecule has 2 N–H and O–H groups in total. The SMILES string of the molecule is CCC(C)(N)C(=O)N(C)Cc1cc(Cl)cc(Cl)c1. The number of likely N-dealkylation sites (N-methyl/N-ethyl adjacent to an activating group) is 1. The molecule has 1 aromatic rings. The van der Waals surface area contributed by atoms with Crippen molar-refractivity contribution < 1.29 is 4.79 Å². The van der Waals surface area contributed by atoms with Crippen molar-refractivity contribution in [1.82, 2.24) is 4.90 Å². The van der Waals surface area contributed by atoms with Crippen LogP contribution in [-0.2, 0) is 11.3 Å². The number of nitrogens with two attached hydrogens (primary N) is 1. The Morgan fingerprint density at radius 3 is 2.28 bits per heavy atom. The summed E-state index contributed by atoms with van der Waals surface area (Å²) >= 11 is 11.8. The molecule has 0 radical (unpaired) electrons. The molecule has 0 aliphatic heterocycles. The minimum atomic E-state index is -0.836. The maximum atomic E-state index is 12.1. The second kappa shape index (κ2) is 5.91. The number of carbonyl (C=O) groups excluding carboxylic acids is 1. The van der Waals surface area contributed by atoms with Gasteiger partial charge in [0.05, 0.1) is 5.54 Å². The number of hydrogen-bond acceptors (Lipinski definition) is 2. The van der Waals surface area contributed by atoms with Gasteiger partial charge in [-0.05, 0) is 37.1 Å². The minimum absolute atomic E-state index is 0.0962. The molecule has 0 aliphatic carbocycles. The fraction of sp³-hybridized carbons (Fsp3) is 0.462. The summed E-state index contributed by atoms with van der Waals surface area (Å²) in [7, 11) is 1.72. The molecule has 1 atom stereocenters. The van der Waals surface area contributed by atoms with E-state index in [2.05, 4.69) is 0 Å². The molecule has 1 amide bonds. The lowest BCUT2D eigenvalue weighted by Gasteiger charge is -2.28. The Labute approximate surface area is 118 Å². The van der Waals surface area contributed by atoms with Gasteiger partial charge in [-0.15, -0.1) is 0 Å². The van der Waals surface area contributed by atoms with Crippen molar-refractivity contribution in [3.63, 3.8) is 0 Å². The highest BCUT2D eigenvalue weighted by molar-refractivity contribution is 6.34. The van der Waals surface area contributed by atoms with Crippen molar-refractivity contribution in [2.24, 2.45) is 5.73 Å². The molecule has 0 heterocycles. The molecule has 1 unspecified atom stereocenters. The molecule has 0 bridgehead atoms. The van der Waals surface area contributed by atoms with Crippen molar-refractivity contribution in [3.05, 3.63) is 33.8 Å². The minimum Gasteiger partial charge on any atom is -0.340 e. The van der Waals surface area contributed by atoms with E-state index in [9.17, 15) is 4.79 Å². The highest BCUT2D eigenvalue weighted by atomic mass is 35.5. The van der Waals surface area contributed by atoms with E-state index in [-0.39, 0.29) is 5.91 Å². The van der Waals surface area contributed by atoms with E-state index in [1.807, 2.05) is 6.92 Å². The van der Waals surface area contributed by atoms with Crippen LogP contribution in [0.2, 0.25) is 10.0 Å². The lowest BCUT2D eigenvalue weighted by molar-refractivity contribution is -0.135. The molecular weight excluding hydrogens is 271 g/mol. The number of benzene rings is 1. The maximum Gasteiger partial charge on any atom is 0.242 e. The van der Waals surface area contributed by atoms with Gasteiger partial charge >= 0.3 is 0 Å². The van der Waals surface area contributed by atoms with Crippen molar-refractivity contribution >= 4 is 29.1 Å². The summed E-state index contributed by atoms with van der Waals surface area (Å²) < 4.78 is 0. The normalized spacial score (nSPS) is 14.1. The molecule has 0 saturated carbocycles. The Balaban J connectivity index is 2.81. The number of halogens is 2. The van der Waals surface area contributed by atoms with Gasteiger partial charge < -0.3 is 10.6 Å². The van der Waals surface area contributed by atoms with Crippen LogP contribution in [-0.4, -0.2) is 23.4 Å². The summed E-state index contributed by atoms with van der Waals surface area (Å²) in [6, 6.07) is 5.24. The molecule has 0 aliphatic rings. The van der Waals surface area contributed by atoms with Crippen molar-refractivity contribution in [1.29, 1.82) is 0 Å². The van der Waals surface area contributed by atoms with Crippen LogP contribution in [0.5, 0.6) is 0 Å². The molecular formula is C13H18Cl2N2O. The van der Waals surface area contributed by atoms with Crippen molar-refractivity contribution in [2.75, 3.05) is 7.05 Å². The van der Waals surface area contributed by atoms with Crippen molar-refractivity contribution in [3.8, 4) is 0 Å². The van der Waals surface area contributed by atoms with Gasteiger partial charge in [-0.3, -0.25) is 4.79 Å². The molecule has 0 fully saturated rings. The van der Waals surface area contributed by atoms with Gasteiger partial charge in [0, 0.05) is 23.6 Å². The van der Waals surface area contributed by atoms with Gasteiger partial charge in [0.25, 0.3) is 0 Å². The van der Waals surface area contributed by atoms with E-state index in [4.69, 9.17) is 28.9 Å². The van der Waals surface area contributed by atoms with Crippen LogP contribution in [0.4, 0.5) is 0 Å². The summed E-state index contributed by atoms with van der Waals surface area (Å²) in [5, 5.41) is 1.12. The maximum absolute atomic E-state index is 12.1. The lowest BCUT2D eigenvalue weighted by Crippen LogP contribution is -2.51. The van der Waals surface area contributed by atoms with E-state index in [0.717, 1.165) is 5.56 Å². The molecule has 5 heteroatoms. The molecule has 100 valence electrons. The zero-order chi connectivity index (χ0) is 13.9. The molecule has 18 heavy (non-hydrogen) atoms. The summed E-state index contributed by atoms with van der Waals surface area (Å²) in [5.74, 6) is -0.0962. The van der Waals surface area contributed by atoms with E-state index < -0.39 is 5.54 Å². The third-order valence-corrected chi connectivity index (χ3v) is 3.35. The number of nitrogens with zero attached hydrogens (tertiary/aromatic N) is 1. The third kappa shape index (κ3) is 3.87. The van der Waals surface area contributed by atoms with Gasteiger partial charge in [0.15, 0.2) is 0 Å². The van der Waals surface area contributed by atoms with Crippen LogP contribution in [0.1, 0.15) is 25.8 Å². The van der Waals surface area contributed by atoms with Gasteiger partial charge in [0.2, 0.25) is 5.91 Å². The van der Waals surface area contributed by atoms with Crippen LogP contribution in [0.3, 0.4) is 0 Å². The van der Waals surface area contributed by atoms with E-state index >= 15 is 0 Å². The van der Waals surface area contributed by atoms with Crippen LogP contribution in [0.25, 0.3) is 0 Å². The Kier molecular flexibility index (Phi) is 5.02. The average molecular weight is 289 g/mol. The van der Waals surface area contributed by atoms with Gasteiger partial charge in [-0.25, -0.2) is 0 Å². The summed E-state index contributed by atoms with van der Waals surface area (Å²) in [6.07, 6.45) is 0.590. The highest BCUT2D eigenvalue weighted by Crippen LogP contribution is 2.20. The zero-order valence-corrected chi connectivity index (χ0v) is 12.3. The first-order valence-electron chi connectivity index (χ1n) is 5.75. The second-order valence-corrected chi connectivity index (χ2v) is 5.58. The van der Waals surface area contributed by atoms with Crippen LogP contribution in [0.15, 0.2) is 18.2 Å². The van der Waals surface area contributed by atoms with Gasteiger partial charge in [-0.2, -0.15) is 0 Å². The van der Waals surface area contributed by atoms with Gasteiger partial charge in [0.1, 0.15) is 0 Å². The van der Waals surface area contributed by atoms with Crippen LogP contribution < -0.4 is 5.73 Å². The Bertz CT molecular complexity index is 426. The number of carbonyl (C=O) groups is 1. The molecule has 0 spiro atoms. The first-order chi connectivity index (χ1) is 8.26. The molecule has 1 aromatic carbocycles. The lowest BCUT2D eigenvalue weighted by atomic mass is 9.98. The fourth-order valence-corrected chi connectivity index (χ4v) is 2.21. The van der Waals surface area contributed by atoms with E-state index in [1.165, 1.54) is 0 Å². The van der Waals surface area contributed by atoms with E-state index in [0.29, 0.717) is 23.0 Å². The smallest absolute Gasteiger partial charge is 0.242 e. The number of rotatable bonds is 4. The van der Waals surface area contributed by atoms with Crippen LogP contribution in [0, 0.1) is 0 Å². The molecule has 1 rings (SSSR count). The first-order valence-corrected chi connectivity index (χ1v) is 6.51. The quantitative estimate of drug-likeness (QED) is 0.926. The third-order valence-electron chi connectivity index (χ3n) is 2.91. The predicted molar refractivity (Wildman–Crippen MR) is 75.8 cm³/mol. The zero-order valence-electron chi connectivity index (χ0n) is 10.8. The molecule has 3 nitrogen and oxygen atoms in total. The Morgan fingerprint density at radius 1 is 1.33 bits per heavy atom. The Morgan fingerprint density at radius 2 is 1.83 bits per heavy atom. The molecule has 0 saturated heterocycles. The second-order valence-electron chi connectivity index (χ2n) is 4.71. The summed E-state index contributed by atoms with van der Waals surface area (Å²) in [4.78, 5) is 13.7. The van der Waals surface area contributed by atoms with Crippen LogP contribution >= 0.6 is 23.2 Å². The van der Waals surface area contributed by atoms with Crippen molar-refractivity contribution in [2.45, 2.75) is 32.4 Å². The largest absolute Gasteiger partial charge is 0.340 e. The average Bonchev–Trinajstić information content (AvgIpc) is 2.26. The summed E-state index contributed by atoms with van der Waals surface area (Å²) in [6.45, 7) is 4.06. The Hall–Kier alpha value is -0.770. The molecule has 0 aromatic heterocycles. The topological polar surface area (TPSA) is 46.3 Å². The van der Waals surface area contributed by atoms with Gasteiger partial charge in [-0.1, -0.05) is 30.1 Å². The standard InChI is InChI=1S/C13H18Cl2N2O/c1-4-13(2,16)12(18)17(3)8-9-5-10(14)7-11(15)6-9/h5-7H,4,8,16H2,1-3H3. The number of hydrogen-bond donors (Lipinski definition) is 1. The monoisotopic (exact) mass is 288 g/mol. The van der Waals surface area contributed by atoms with E-state index in [1.54, 1.807) is 37.1 Å². The summed E-state index contributed by atoms with van der Waals surface area (Å²) in [5.41, 5.74) is 5.98.